The van der Waals surface area contributed by atoms with Gasteiger partial charge in [0.15, 0.2) is 0 Å². The van der Waals surface area contributed by atoms with Gasteiger partial charge < -0.3 is 24.4 Å². The summed E-state index contributed by atoms with van der Waals surface area (Å²) >= 11 is 0. The summed E-state index contributed by atoms with van der Waals surface area (Å²) in [5.74, 6) is -1.25. The minimum atomic E-state index is -0.757. The van der Waals surface area contributed by atoms with E-state index in [1.54, 1.807) is 26.2 Å². The second-order valence-corrected chi connectivity index (χ2v) is 15.6. The molecule has 9 nitrogen and oxygen atoms in total. The molecule has 1 aromatic carbocycles. The molecular formula is C41H68N2O7. The summed E-state index contributed by atoms with van der Waals surface area (Å²) in [5.41, 5.74) is 0.779. The van der Waals surface area contributed by atoms with Gasteiger partial charge >= 0.3 is 0 Å². The zero-order valence-corrected chi connectivity index (χ0v) is 33.1. The molecule has 2 amide bonds. The molecule has 0 aliphatic carbocycles. The van der Waals surface area contributed by atoms with Crippen LogP contribution < -0.4 is 0 Å². The highest BCUT2D eigenvalue weighted by atomic mass is 16.5. The molecule has 50 heavy (non-hydrogen) atoms. The molecule has 1 N–H and O–H groups in total. The van der Waals surface area contributed by atoms with Crippen LogP contribution >= 0.6 is 0 Å². The molecular weight excluding hydrogens is 632 g/mol. The van der Waals surface area contributed by atoms with Gasteiger partial charge in [-0.15, -0.1) is 0 Å². The van der Waals surface area contributed by atoms with E-state index < -0.39 is 30.1 Å². The number of likely N-dealkylation sites (N-methyl/N-ethyl adjacent to an activating group) is 1. The van der Waals surface area contributed by atoms with Crippen molar-refractivity contribution in [2.24, 2.45) is 41.4 Å². The SMILES string of the molecule is CC[C@H](C)C([C@@H](CC(=O)N1CCC[C@H]1[C@H](OC)[C@@H](C)C(=O)C[C@H](C)C(O)c1ccccc1)OC)N(C)C(=O)[C@@H](CC(=O)[C@@H](C)C(C)C)C(C)C. The third-order valence-electron chi connectivity index (χ3n) is 11.6. The summed E-state index contributed by atoms with van der Waals surface area (Å²) in [6.07, 6.45) is 0.938. The van der Waals surface area contributed by atoms with E-state index in [1.807, 2.05) is 83.7 Å². The van der Waals surface area contributed by atoms with Crippen LogP contribution in [0.15, 0.2) is 30.3 Å². The van der Waals surface area contributed by atoms with Crippen LogP contribution in [-0.4, -0.2) is 90.4 Å². The molecule has 9 heteroatoms. The van der Waals surface area contributed by atoms with E-state index in [1.165, 1.54) is 0 Å². The summed E-state index contributed by atoms with van der Waals surface area (Å²) in [6, 6.07) is 8.70. The molecule has 0 spiro atoms. The quantitative estimate of drug-likeness (QED) is 0.151. The fourth-order valence-electron chi connectivity index (χ4n) is 7.58. The first kappa shape index (κ1) is 43.5. The zero-order chi connectivity index (χ0) is 37.9. The Labute approximate surface area is 302 Å². The van der Waals surface area contributed by atoms with Crippen molar-refractivity contribution < 1.29 is 33.8 Å². The first-order chi connectivity index (χ1) is 23.5. The lowest BCUT2D eigenvalue weighted by Gasteiger charge is -2.41. The molecule has 0 bridgehead atoms. The molecule has 1 fully saturated rings. The van der Waals surface area contributed by atoms with Crippen molar-refractivity contribution >= 4 is 23.4 Å². The number of carbonyl (C=O) groups is 4. The van der Waals surface area contributed by atoms with E-state index >= 15 is 0 Å². The number of carbonyl (C=O) groups excluding carboxylic acids is 4. The number of rotatable bonds is 21. The van der Waals surface area contributed by atoms with Gasteiger partial charge in [-0.1, -0.05) is 99.1 Å². The molecule has 10 atom stereocenters. The van der Waals surface area contributed by atoms with Crippen molar-refractivity contribution in [1.82, 2.24) is 9.80 Å². The van der Waals surface area contributed by atoms with Gasteiger partial charge in [-0.25, -0.2) is 0 Å². The predicted molar refractivity (Wildman–Crippen MR) is 198 cm³/mol. The summed E-state index contributed by atoms with van der Waals surface area (Å²) in [7, 11) is 4.96. The van der Waals surface area contributed by atoms with Gasteiger partial charge in [0, 0.05) is 58.4 Å². The summed E-state index contributed by atoms with van der Waals surface area (Å²) in [6.45, 7) is 18.4. The Morgan fingerprint density at radius 1 is 0.840 bits per heavy atom. The van der Waals surface area contributed by atoms with E-state index in [0.717, 1.165) is 18.4 Å². The fourth-order valence-corrected chi connectivity index (χ4v) is 7.58. The molecule has 1 aliphatic rings. The van der Waals surface area contributed by atoms with Crippen LogP contribution in [0.5, 0.6) is 0 Å². The molecule has 1 heterocycles. The maximum atomic E-state index is 14.1. The maximum Gasteiger partial charge on any atom is 0.226 e. The standard InChI is InChI=1S/C41H68N2O7/c1-13-27(6)38(42(10)41(48)32(26(4)5)23-35(45)29(8)25(2)3)36(49-11)24-37(46)43-21-17-20-33(43)40(50-12)30(9)34(44)22-28(7)39(47)31-18-15-14-16-19-31/h14-16,18-19,25-30,32-33,36,38-40,47H,13,17,20-24H2,1-12H3/t27-,28-,29-,30-,32-,33-,36+,38?,39?,40+/m0/s1. The minimum absolute atomic E-state index is 0.00801. The van der Waals surface area contributed by atoms with Crippen LogP contribution in [0, 0.1) is 41.4 Å². The molecule has 0 aromatic heterocycles. The van der Waals surface area contributed by atoms with E-state index in [4.69, 9.17) is 9.47 Å². The number of amides is 2. The van der Waals surface area contributed by atoms with Crippen molar-refractivity contribution in [2.75, 3.05) is 27.8 Å². The van der Waals surface area contributed by atoms with Crippen LogP contribution in [0.25, 0.3) is 0 Å². The number of benzene rings is 1. The average Bonchev–Trinajstić information content (AvgIpc) is 3.58. The molecule has 0 saturated carbocycles. The first-order valence-corrected chi connectivity index (χ1v) is 18.9. The number of hydrogen-bond donors (Lipinski definition) is 1. The van der Waals surface area contributed by atoms with Crippen LogP contribution in [-0.2, 0) is 28.7 Å². The van der Waals surface area contributed by atoms with Gasteiger partial charge in [-0.2, -0.15) is 0 Å². The van der Waals surface area contributed by atoms with Crippen LogP contribution in [0.3, 0.4) is 0 Å². The largest absolute Gasteiger partial charge is 0.388 e. The Bertz CT molecular complexity index is 1220. The molecule has 0 radical (unpaired) electrons. The minimum Gasteiger partial charge on any atom is -0.388 e. The predicted octanol–water partition coefficient (Wildman–Crippen LogP) is 6.76. The monoisotopic (exact) mass is 701 g/mol. The lowest BCUT2D eigenvalue weighted by atomic mass is 9.82. The highest BCUT2D eigenvalue weighted by Crippen LogP contribution is 2.33. The number of ether oxygens (including phenoxy) is 2. The Kier molecular flexibility index (Phi) is 17.8. The van der Waals surface area contributed by atoms with Crippen LogP contribution in [0.2, 0.25) is 0 Å². The number of aliphatic hydroxyl groups is 1. The van der Waals surface area contributed by atoms with Crippen molar-refractivity contribution in [2.45, 2.75) is 131 Å². The molecule has 1 saturated heterocycles. The van der Waals surface area contributed by atoms with Gasteiger partial charge in [0.1, 0.15) is 11.6 Å². The van der Waals surface area contributed by atoms with Crippen molar-refractivity contribution in [3.05, 3.63) is 35.9 Å². The summed E-state index contributed by atoms with van der Waals surface area (Å²) < 4.78 is 12.0. The maximum absolute atomic E-state index is 14.1. The van der Waals surface area contributed by atoms with Gasteiger partial charge in [0.2, 0.25) is 11.8 Å². The van der Waals surface area contributed by atoms with Gasteiger partial charge in [0.25, 0.3) is 0 Å². The number of nitrogens with zero attached hydrogens (tertiary/aromatic N) is 2. The number of methoxy groups -OCH3 is 2. The lowest BCUT2D eigenvalue weighted by Crippen LogP contribution is -2.54. The molecule has 1 aliphatic heterocycles. The number of ketones is 2. The Hall–Kier alpha value is -2.62. The topological polar surface area (TPSA) is 113 Å². The fraction of sp³-hybridized carbons (Fsp3) is 0.756. The summed E-state index contributed by atoms with van der Waals surface area (Å²) in [5, 5.41) is 10.9. The molecule has 284 valence electrons. The average molecular weight is 701 g/mol. The van der Waals surface area contributed by atoms with E-state index in [0.29, 0.717) is 13.0 Å². The number of aliphatic hydroxyl groups excluding tert-OH is 1. The van der Waals surface area contributed by atoms with Crippen molar-refractivity contribution in [3.8, 4) is 0 Å². The van der Waals surface area contributed by atoms with Gasteiger partial charge in [0.05, 0.1) is 36.8 Å². The normalized spacial score (nSPS) is 20.5. The second kappa shape index (κ2) is 20.4. The third-order valence-corrected chi connectivity index (χ3v) is 11.6. The van der Waals surface area contributed by atoms with Gasteiger partial charge in [-0.3, -0.25) is 19.2 Å². The van der Waals surface area contributed by atoms with Crippen LogP contribution in [0.1, 0.15) is 113 Å². The number of Topliss-reactive ketones (excluding diaryl/α,β-unsaturated/α-hetero) is 2. The Morgan fingerprint density at radius 3 is 1.96 bits per heavy atom. The first-order valence-electron chi connectivity index (χ1n) is 18.9. The highest BCUT2D eigenvalue weighted by molar-refractivity contribution is 5.88. The smallest absolute Gasteiger partial charge is 0.226 e. The second-order valence-electron chi connectivity index (χ2n) is 15.6. The Morgan fingerprint density at radius 2 is 1.44 bits per heavy atom. The Balaban J connectivity index is 2.23. The van der Waals surface area contributed by atoms with E-state index in [9.17, 15) is 24.3 Å². The van der Waals surface area contributed by atoms with Gasteiger partial charge in [-0.05, 0) is 42.1 Å². The van der Waals surface area contributed by atoms with Crippen molar-refractivity contribution in [3.63, 3.8) is 0 Å². The molecule has 1 aromatic rings. The highest BCUT2D eigenvalue weighted by Gasteiger charge is 2.43. The zero-order valence-electron chi connectivity index (χ0n) is 33.1. The number of hydrogen-bond acceptors (Lipinski definition) is 7. The van der Waals surface area contributed by atoms with Crippen LogP contribution in [0.4, 0.5) is 0 Å². The lowest BCUT2D eigenvalue weighted by molar-refractivity contribution is -0.149. The van der Waals surface area contributed by atoms with E-state index in [2.05, 4.69) is 13.8 Å². The third kappa shape index (κ3) is 11.2. The molecule has 2 rings (SSSR count). The number of likely N-dealkylation sites (tertiary alicyclic amines) is 1. The molecule has 2 unspecified atom stereocenters. The van der Waals surface area contributed by atoms with E-state index in [-0.39, 0.29) is 84.3 Å². The van der Waals surface area contributed by atoms with Crippen molar-refractivity contribution in [1.29, 1.82) is 0 Å². The summed E-state index contributed by atoms with van der Waals surface area (Å²) in [4.78, 5) is 58.5.